The summed E-state index contributed by atoms with van der Waals surface area (Å²) in [5.74, 6) is 0.915. The second-order valence-corrected chi connectivity index (χ2v) is 3.42. The van der Waals surface area contributed by atoms with Crippen molar-refractivity contribution < 1.29 is 4.42 Å². The minimum absolute atomic E-state index is 0.915. The molecule has 0 spiro atoms. The summed E-state index contributed by atoms with van der Waals surface area (Å²) < 4.78 is 5.44. The van der Waals surface area contributed by atoms with Crippen LogP contribution < -0.4 is 0 Å². The zero-order valence-electron chi connectivity index (χ0n) is 7.66. The Kier molecular flexibility index (Phi) is 1.42. The van der Waals surface area contributed by atoms with E-state index in [-0.39, 0.29) is 0 Å². The molecular formula is C13H9O. The topological polar surface area (TPSA) is 13.1 Å². The minimum atomic E-state index is 0.915. The highest BCUT2D eigenvalue weighted by Gasteiger charge is 2.12. The monoisotopic (exact) mass is 181 g/mol. The van der Waals surface area contributed by atoms with Crippen LogP contribution in [0.4, 0.5) is 0 Å². The molecule has 0 amide bonds. The van der Waals surface area contributed by atoms with Gasteiger partial charge in [-0.25, -0.2) is 0 Å². The van der Waals surface area contributed by atoms with Crippen LogP contribution >= 0.6 is 0 Å². The average Bonchev–Trinajstić information content (AvgIpc) is 2.57. The van der Waals surface area contributed by atoms with Crippen molar-refractivity contribution >= 4 is 10.8 Å². The summed E-state index contributed by atoms with van der Waals surface area (Å²) in [6.45, 7) is 4.01. The first kappa shape index (κ1) is 7.63. The summed E-state index contributed by atoms with van der Waals surface area (Å²) in [7, 11) is 0. The van der Waals surface area contributed by atoms with Gasteiger partial charge in [0, 0.05) is 5.56 Å². The van der Waals surface area contributed by atoms with Crippen LogP contribution in [0.2, 0.25) is 0 Å². The van der Waals surface area contributed by atoms with Gasteiger partial charge in [-0.05, 0) is 35.4 Å². The van der Waals surface area contributed by atoms with E-state index in [1.54, 1.807) is 6.26 Å². The molecule has 0 saturated carbocycles. The fourth-order valence-corrected chi connectivity index (χ4v) is 1.89. The highest BCUT2D eigenvalue weighted by molar-refractivity contribution is 6.01. The smallest absolute Gasteiger partial charge is 0.135 e. The second kappa shape index (κ2) is 2.61. The van der Waals surface area contributed by atoms with Crippen LogP contribution in [0.1, 0.15) is 5.56 Å². The lowest BCUT2D eigenvalue weighted by Crippen LogP contribution is -1.78. The fraction of sp³-hybridized carbons (Fsp3) is 0. The predicted octanol–water partition coefficient (Wildman–Crippen LogP) is 3.72. The number of rotatable bonds is 0. The Hall–Kier alpha value is -1.76. The van der Waals surface area contributed by atoms with E-state index >= 15 is 0 Å². The molecule has 0 saturated heterocycles. The zero-order chi connectivity index (χ0) is 9.54. The van der Waals surface area contributed by atoms with Gasteiger partial charge in [-0.2, -0.15) is 0 Å². The van der Waals surface area contributed by atoms with Crippen molar-refractivity contribution in [3.05, 3.63) is 55.1 Å². The highest BCUT2D eigenvalue weighted by atomic mass is 16.3. The zero-order valence-corrected chi connectivity index (χ0v) is 7.66. The molecular weight excluding hydrogens is 172 g/mol. The Morgan fingerprint density at radius 2 is 1.93 bits per heavy atom. The van der Waals surface area contributed by atoms with E-state index in [0.29, 0.717) is 0 Å². The van der Waals surface area contributed by atoms with Gasteiger partial charge in [-0.3, -0.25) is 0 Å². The third-order valence-corrected chi connectivity index (χ3v) is 2.55. The van der Waals surface area contributed by atoms with E-state index in [1.807, 2.05) is 18.2 Å². The Labute approximate surface area is 82.3 Å². The van der Waals surface area contributed by atoms with Gasteiger partial charge in [-0.1, -0.05) is 24.3 Å². The lowest BCUT2D eigenvalue weighted by Gasteiger charge is -2.01. The molecule has 1 radical (unpaired) electrons. The first-order chi connectivity index (χ1) is 6.86. The third-order valence-electron chi connectivity index (χ3n) is 2.55. The average molecular weight is 181 g/mol. The van der Waals surface area contributed by atoms with E-state index in [4.69, 9.17) is 4.42 Å². The van der Waals surface area contributed by atoms with E-state index in [0.717, 1.165) is 16.9 Å². The molecule has 14 heavy (non-hydrogen) atoms. The Bertz CT molecular complexity index is 563. The lowest BCUT2D eigenvalue weighted by molar-refractivity contribution is 0.567. The SMILES string of the molecule is [CH2]c1ccoc2cc3ccccc3c1-2. The Morgan fingerprint density at radius 3 is 2.86 bits per heavy atom. The molecule has 2 aliphatic rings. The minimum Gasteiger partial charge on any atom is -0.464 e. The lowest BCUT2D eigenvalue weighted by atomic mass is 10.1. The molecule has 67 valence electrons. The van der Waals surface area contributed by atoms with Crippen LogP contribution in [0.25, 0.3) is 22.1 Å². The van der Waals surface area contributed by atoms with Crippen molar-refractivity contribution in [2.75, 3.05) is 0 Å². The molecule has 0 fully saturated rings. The quantitative estimate of drug-likeness (QED) is 0.515. The number of fused-ring (bicyclic) bond motifs is 3. The van der Waals surface area contributed by atoms with Crippen molar-refractivity contribution in [2.45, 2.75) is 0 Å². The van der Waals surface area contributed by atoms with Gasteiger partial charge in [0.05, 0.1) is 6.26 Å². The van der Waals surface area contributed by atoms with Crippen LogP contribution in [0.5, 0.6) is 0 Å². The van der Waals surface area contributed by atoms with Crippen LogP contribution in [0, 0.1) is 6.92 Å². The van der Waals surface area contributed by atoms with Crippen LogP contribution in [0.3, 0.4) is 0 Å². The summed E-state index contributed by atoms with van der Waals surface area (Å²) >= 11 is 0. The molecule has 3 rings (SSSR count). The summed E-state index contributed by atoms with van der Waals surface area (Å²) in [6, 6.07) is 12.2. The van der Waals surface area contributed by atoms with Crippen molar-refractivity contribution in [1.82, 2.24) is 0 Å². The largest absolute Gasteiger partial charge is 0.464 e. The molecule has 0 N–H and O–H groups in total. The Morgan fingerprint density at radius 1 is 1.07 bits per heavy atom. The molecule has 1 aliphatic heterocycles. The van der Waals surface area contributed by atoms with Gasteiger partial charge in [0.1, 0.15) is 5.76 Å². The van der Waals surface area contributed by atoms with Gasteiger partial charge >= 0.3 is 0 Å². The molecule has 0 bridgehead atoms. The van der Waals surface area contributed by atoms with Gasteiger partial charge in [0.2, 0.25) is 0 Å². The van der Waals surface area contributed by atoms with Crippen molar-refractivity contribution in [1.29, 1.82) is 0 Å². The molecule has 1 heteroatoms. The standard InChI is InChI=1S/C13H9O/c1-9-6-7-14-12-8-10-4-2-3-5-11(10)13(9)12/h2-8H,1H2. The maximum absolute atomic E-state index is 5.44. The van der Waals surface area contributed by atoms with E-state index in [9.17, 15) is 0 Å². The number of hydrogen-bond acceptors (Lipinski definition) is 1. The molecule has 1 nitrogen and oxygen atoms in total. The first-order valence-electron chi connectivity index (χ1n) is 4.57. The molecule has 1 aromatic rings. The molecule has 0 atom stereocenters. The van der Waals surface area contributed by atoms with E-state index in [2.05, 4.69) is 25.1 Å². The van der Waals surface area contributed by atoms with Crippen molar-refractivity contribution in [3.63, 3.8) is 0 Å². The molecule has 1 aromatic carbocycles. The fourth-order valence-electron chi connectivity index (χ4n) is 1.89. The number of benzene rings is 1. The Balaban J connectivity index is 2.57. The second-order valence-electron chi connectivity index (χ2n) is 3.42. The summed E-state index contributed by atoms with van der Waals surface area (Å²) in [5.41, 5.74) is 2.15. The maximum atomic E-state index is 5.44. The number of hydrogen-bond donors (Lipinski definition) is 0. The molecule has 1 aliphatic carbocycles. The first-order valence-corrected chi connectivity index (χ1v) is 4.57. The highest BCUT2D eigenvalue weighted by Crippen LogP contribution is 2.35. The molecule has 0 unspecified atom stereocenters. The van der Waals surface area contributed by atoms with Gasteiger partial charge in [0.15, 0.2) is 0 Å². The maximum Gasteiger partial charge on any atom is 0.135 e. The van der Waals surface area contributed by atoms with Crippen LogP contribution in [-0.2, 0) is 0 Å². The van der Waals surface area contributed by atoms with E-state index in [1.165, 1.54) is 10.8 Å². The van der Waals surface area contributed by atoms with Crippen LogP contribution in [-0.4, -0.2) is 0 Å². The molecule has 0 aromatic heterocycles. The summed E-state index contributed by atoms with van der Waals surface area (Å²) in [4.78, 5) is 0. The van der Waals surface area contributed by atoms with Crippen LogP contribution in [0.15, 0.2) is 47.1 Å². The summed E-state index contributed by atoms with van der Waals surface area (Å²) in [5, 5.41) is 2.43. The van der Waals surface area contributed by atoms with Gasteiger partial charge < -0.3 is 4.42 Å². The third kappa shape index (κ3) is 0.896. The normalized spacial score (nSPS) is 11.2. The predicted molar refractivity (Wildman–Crippen MR) is 57.3 cm³/mol. The van der Waals surface area contributed by atoms with Crippen molar-refractivity contribution in [3.8, 4) is 11.3 Å². The van der Waals surface area contributed by atoms with Crippen molar-refractivity contribution in [2.24, 2.45) is 0 Å². The summed E-state index contributed by atoms with van der Waals surface area (Å²) in [6.07, 6.45) is 1.68. The van der Waals surface area contributed by atoms with E-state index < -0.39 is 0 Å². The van der Waals surface area contributed by atoms with Gasteiger partial charge in [-0.15, -0.1) is 0 Å². The molecule has 1 heterocycles. The van der Waals surface area contributed by atoms with Gasteiger partial charge in [0.25, 0.3) is 0 Å².